The van der Waals surface area contributed by atoms with Gasteiger partial charge in [0.1, 0.15) is 18.8 Å². The van der Waals surface area contributed by atoms with Crippen molar-refractivity contribution in [2.24, 2.45) is 4.99 Å². The Kier molecular flexibility index (Phi) is 9.40. The molecule has 0 aliphatic carbocycles. The van der Waals surface area contributed by atoms with Crippen molar-refractivity contribution in [2.45, 2.75) is 25.7 Å². The van der Waals surface area contributed by atoms with Gasteiger partial charge < -0.3 is 14.3 Å². The molecule has 1 N–H and O–H groups in total. The molecule has 0 aliphatic heterocycles. The fraction of sp³-hybridized carbons (Fsp3) is 0.579. The zero-order valence-corrected chi connectivity index (χ0v) is 16.8. The molecule has 0 saturated carbocycles. The van der Waals surface area contributed by atoms with E-state index in [0.717, 1.165) is 36.0 Å². The van der Waals surface area contributed by atoms with E-state index in [2.05, 4.69) is 31.1 Å². The van der Waals surface area contributed by atoms with Crippen molar-refractivity contribution in [2.75, 3.05) is 47.9 Å². The van der Waals surface area contributed by atoms with E-state index in [9.17, 15) is 9.90 Å². The van der Waals surface area contributed by atoms with Gasteiger partial charge in [-0.2, -0.15) is 0 Å². The van der Waals surface area contributed by atoms with Crippen LogP contribution in [0.4, 0.5) is 11.4 Å². The molecule has 1 aromatic carbocycles. The molecule has 0 saturated heterocycles. The van der Waals surface area contributed by atoms with Crippen LogP contribution in [-0.2, 0) is 9.53 Å². The van der Waals surface area contributed by atoms with Crippen LogP contribution in [0.25, 0.3) is 4.98 Å². The molecule has 0 bridgehead atoms. The number of unbranched alkanes of at least 4 members (excludes halogenated alkanes) is 2. The highest BCUT2D eigenvalue weighted by Gasteiger charge is 2.11. The molecule has 0 radical (unpaired) electrons. The number of nitrogens with zero attached hydrogens (tertiary/aromatic N) is 4. The Bertz CT molecular complexity index is 659. The number of ether oxygens (including phenoxy) is 1. The molecule has 0 heterocycles. The third-order valence-electron chi connectivity index (χ3n) is 4.06. The van der Waals surface area contributed by atoms with Crippen LogP contribution in [0.15, 0.2) is 29.3 Å². The number of hydrogen-bond donors (Lipinski definition) is 1. The summed E-state index contributed by atoms with van der Waals surface area (Å²) in [6.07, 6.45) is 2.72. The first kappa shape index (κ1) is 22.5. The number of aliphatic imine (C=N–C) groups is 1. The second kappa shape index (κ2) is 11.3. The van der Waals surface area contributed by atoms with E-state index in [1.807, 2.05) is 0 Å². The van der Waals surface area contributed by atoms with Crippen molar-refractivity contribution in [1.29, 1.82) is 5.39 Å². The molecular formula is C19H31N5O3+2. The fourth-order valence-corrected chi connectivity index (χ4v) is 2.26. The number of amidine groups is 1. The van der Waals surface area contributed by atoms with Crippen LogP contribution in [0.1, 0.15) is 25.7 Å². The highest BCUT2D eigenvalue weighted by atomic mass is 16.5. The van der Waals surface area contributed by atoms with Crippen LogP contribution in [0, 0.1) is 5.39 Å². The van der Waals surface area contributed by atoms with Gasteiger partial charge in [0.2, 0.25) is 5.39 Å². The Balaban J connectivity index is 2.22. The molecule has 0 aromatic heterocycles. The predicted molar refractivity (Wildman–Crippen MR) is 102 cm³/mol. The van der Waals surface area contributed by atoms with Gasteiger partial charge >= 0.3 is 11.7 Å². The number of hydrogen-bond acceptors (Lipinski definition) is 5. The molecule has 8 nitrogen and oxygen atoms in total. The molecular weight excluding hydrogens is 346 g/mol. The summed E-state index contributed by atoms with van der Waals surface area (Å²) in [5.41, 5.74) is 1.19. The Hall–Kier alpha value is -2.50. The van der Waals surface area contributed by atoms with E-state index in [1.54, 1.807) is 31.3 Å². The molecule has 148 valence electrons. The van der Waals surface area contributed by atoms with Crippen molar-refractivity contribution in [3.63, 3.8) is 0 Å². The normalized spacial score (nSPS) is 13.1. The number of nitrogens with one attached hydrogen (secondary N) is 1. The zero-order chi connectivity index (χ0) is 20.3. The third kappa shape index (κ3) is 9.68. The Labute approximate surface area is 161 Å². The van der Waals surface area contributed by atoms with Gasteiger partial charge in [-0.25, -0.2) is 4.99 Å². The minimum Gasteiger partial charge on any atom is -0.815 e. The summed E-state index contributed by atoms with van der Waals surface area (Å²) in [5, 5.41) is 20.8. The van der Waals surface area contributed by atoms with Crippen molar-refractivity contribution < 1.29 is 24.0 Å². The van der Waals surface area contributed by atoms with E-state index >= 15 is 0 Å². The van der Waals surface area contributed by atoms with E-state index in [0.29, 0.717) is 30.2 Å². The maximum atomic E-state index is 12.1. The molecule has 0 spiro atoms. The molecule has 1 atom stereocenters. The monoisotopic (exact) mass is 377 g/mol. The number of diazo groups is 1. The van der Waals surface area contributed by atoms with E-state index in [-0.39, 0.29) is 12.0 Å². The molecule has 0 fully saturated rings. The van der Waals surface area contributed by atoms with Gasteiger partial charge in [-0.1, -0.05) is 6.42 Å². The minimum atomic E-state index is -0.247. The topological polar surface area (TPSA) is 94.3 Å². The number of benzene rings is 1. The average Bonchev–Trinajstić information content (AvgIpc) is 2.62. The first-order chi connectivity index (χ1) is 12.7. The Morgan fingerprint density at radius 1 is 1.22 bits per heavy atom. The lowest BCUT2D eigenvalue weighted by atomic mass is 10.2. The highest BCUT2D eigenvalue weighted by molar-refractivity contribution is 5.69. The maximum Gasteiger partial charge on any atom is 0.385 e. The molecule has 8 heteroatoms. The van der Waals surface area contributed by atoms with Gasteiger partial charge in [-0.15, -0.1) is 0 Å². The summed E-state index contributed by atoms with van der Waals surface area (Å²) in [4.78, 5) is 19.3. The fourth-order valence-electron chi connectivity index (χ4n) is 2.26. The molecule has 27 heavy (non-hydrogen) atoms. The predicted octanol–water partition coefficient (Wildman–Crippen LogP) is 0.843. The molecule has 1 unspecified atom stereocenters. The number of quaternary nitrogens is 2. The number of esters is 1. The van der Waals surface area contributed by atoms with Crippen LogP contribution >= 0.6 is 0 Å². The van der Waals surface area contributed by atoms with E-state index < -0.39 is 0 Å². The lowest BCUT2D eigenvalue weighted by molar-refractivity contribution is -0.870. The maximum absolute atomic E-state index is 12.1. The second-order valence-corrected chi connectivity index (χ2v) is 7.50. The molecule has 0 amide bonds. The molecule has 1 rings (SSSR count). The van der Waals surface area contributed by atoms with Crippen molar-refractivity contribution >= 4 is 23.4 Å². The van der Waals surface area contributed by atoms with Gasteiger partial charge in [0.25, 0.3) is 0 Å². The van der Waals surface area contributed by atoms with E-state index in [1.165, 1.54) is 0 Å². The first-order valence-corrected chi connectivity index (χ1v) is 9.20. The van der Waals surface area contributed by atoms with Gasteiger partial charge in [0.05, 0.1) is 28.2 Å². The van der Waals surface area contributed by atoms with Gasteiger partial charge in [0.15, 0.2) is 11.0 Å². The van der Waals surface area contributed by atoms with Crippen molar-refractivity contribution in [3.05, 3.63) is 29.2 Å². The van der Waals surface area contributed by atoms with Crippen LogP contribution < -0.4 is 10.0 Å². The second-order valence-electron chi connectivity index (χ2n) is 7.50. The summed E-state index contributed by atoms with van der Waals surface area (Å²) < 4.78 is 5.97. The van der Waals surface area contributed by atoms with Crippen molar-refractivity contribution in [3.8, 4) is 0 Å². The SMILES string of the molecule is C[NH+](C([O-])=NCCCCCC(=O)OCC[N+](C)(C)C)c1ccc([N+]#N)cc1. The van der Waals surface area contributed by atoms with Crippen LogP contribution in [0.5, 0.6) is 0 Å². The summed E-state index contributed by atoms with van der Waals surface area (Å²) >= 11 is 0. The minimum absolute atomic E-state index is 0.168. The van der Waals surface area contributed by atoms with Gasteiger partial charge in [-0.3, -0.25) is 9.69 Å². The summed E-state index contributed by atoms with van der Waals surface area (Å²) in [5.74, 6) is -0.168. The molecule has 1 aromatic rings. The van der Waals surface area contributed by atoms with Gasteiger partial charge in [0, 0.05) is 37.2 Å². The summed E-state index contributed by atoms with van der Waals surface area (Å²) in [7, 11) is 7.89. The lowest BCUT2D eigenvalue weighted by Gasteiger charge is -2.23. The van der Waals surface area contributed by atoms with Crippen LogP contribution in [0.3, 0.4) is 0 Å². The molecule has 0 aliphatic rings. The summed E-state index contributed by atoms with van der Waals surface area (Å²) in [6.45, 7) is 1.67. The Morgan fingerprint density at radius 3 is 2.48 bits per heavy atom. The number of rotatable bonds is 10. The first-order valence-electron chi connectivity index (χ1n) is 9.20. The zero-order valence-electron chi connectivity index (χ0n) is 16.8. The Morgan fingerprint density at radius 2 is 1.89 bits per heavy atom. The smallest absolute Gasteiger partial charge is 0.385 e. The quantitative estimate of drug-likeness (QED) is 0.163. The van der Waals surface area contributed by atoms with Gasteiger partial charge in [-0.05, 0) is 12.8 Å². The third-order valence-corrected chi connectivity index (χ3v) is 4.06. The highest BCUT2D eigenvalue weighted by Crippen LogP contribution is 2.12. The van der Waals surface area contributed by atoms with E-state index in [4.69, 9.17) is 10.1 Å². The largest absolute Gasteiger partial charge is 0.815 e. The standard InChI is InChI=1S/C19H30N5O3/c1-23(17-11-9-16(22-20)10-12-17)19(26)21-13-7-5-6-8-18(25)27-15-14-24(2,3)4/h9-12H,5-8,13-15H2,1-4H3/q+1/p+1. The lowest BCUT2D eigenvalue weighted by Crippen LogP contribution is -3.09. The number of carbonyl (C=O) groups excluding carboxylic acids is 1. The van der Waals surface area contributed by atoms with Crippen LogP contribution in [0.2, 0.25) is 0 Å². The average molecular weight is 377 g/mol. The van der Waals surface area contributed by atoms with Crippen LogP contribution in [-0.4, -0.2) is 64.4 Å². The van der Waals surface area contributed by atoms with Crippen molar-refractivity contribution in [1.82, 2.24) is 0 Å². The summed E-state index contributed by atoms with van der Waals surface area (Å²) in [6, 6.07) is 6.46. The number of likely N-dealkylation sites (N-methyl/N-ethyl adjacent to an activating group) is 1. The number of carbonyl (C=O) groups is 1.